The maximum atomic E-state index is 5.11. The second-order valence-electron chi connectivity index (χ2n) is 3.27. The van der Waals surface area contributed by atoms with Gasteiger partial charge in [-0.05, 0) is 37.2 Å². The van der Waals surface area contributed by atoms with E-state index in [1.165, 1.54) is 11.3 Å². The molecule has 0 unspecified atom stereocenters. The summed E-state index contributed by atoms with van der Waals surface area (Å²) in [7, 11) is 1.69. The Labute approximate surface area is 96.4 Å². The highest BCUT2D eigenvalue weighted by atomic mass is 32.2. The van der Waals surface area contributed by atoms with Gasteiger partial charge in [-0.1, -0.05) is 6.92 Å². The molecule has 0 radical (unpaired) electrons. The number of hydrogen-bond donors (Lipinski definition) is 1. The average Bonchev–Trinajstić information content (AvgIpc) is 2.30. The molecule has 84 valence electrons. The van der Waals surface area contributed by atoms with Gasteiger partial charge in [0.25, 0.3) is 0 Å². The van der Waals surface area contributed by atoms with Gasteiger partial charge in [-0.15, -0.1) is 11.8 Å². The first-order chi connectivity index (χ1) is 7.36. The van der Waals surface area contributed by atoms with Crippen molar-refractivity contribution in [3.8, 4) is 5.75 Å². The van der Waals surface area contributed by atoms with Crippen molar-refractivity contribution >= 4 is 11.8 Å². The van der Waals surface area contributed by atoms with Gasteiger partial charge in [0.2, 0.25) is 0 Å². The summed E-state index contributed by atoms with van der Waals surface area (Å²) in [4.78, 5) is 1.30. The summed E-state index contributed by atoms with van der Waals surface area (Å²) < 4.78 is 5.11. The fraction of sp³-hybridized carbons (Fsp3) is 0.500. The second-order valence-corrected chi connectivity index (χ2v) is 4.44. The Hall–Kier alpha value is -0.670. The monoisotopic (exact) mass is 225 g/mol. The van der Waals surface area contributed by atoms with Crippen molar-refractivity contribution in [2.24, 2.45) is 0 Å². The molecule has 1 N–H and O–H groups in total. The summed E-state index contributed by atoms with van der Waals surface area (Å²) in [6, 6.07) is 8.20. The van der Waals surface area contributed by atoms with Crippen LogP contribution in [0.5, 0.6) is 5.75 Å². The third-order valence-corrected chi connectivity index (χ3v) is 3.05. The van der Waals surface area contributed by atoms with Gasteiger partial charge in [-0.2, -0.15) is 0 Å². The molecule has 0 atom stereocenters. The quantitative estimate of drug-likeness (QED) is 0.569. The van der Waals surface area contributed by atoms with E-state index < -0.39 is 0 Å². The van der Waals surface area contributed by atoms with Crippen molar-refractivity contribution in [1.29, 1.82) is 0 Å². The normalized spacial score (nSPS) is 10.3. The Morgan fingerprint density at radius 2 is 1.93 bits per heavy atom. The van der Waals surface area contributed by atoms with Crippen LogP contribution in [0.15, 0.2) is 29.2 Å². The first-order valence-electron chi connectivity index (χ1n) is 5.34. The molecule has 1 rings (SSSR count). The molecular formula is C12H19NOS. The molecular weight excluding hydrogens is 206 g/mol. The lowest BCUT2D eigenvalue weighted by Gasteiger charge is -2.04. The SMILES string of the molecule is CCCNCCSc1ccc(OC)cc1. The van der Waals surface area contributed by atoms with Crippen LogP contribution in [-0.2, 0) is 0 Å². The Kier molecular flexibility index (Phi) is 6.28. The van der Waals surface area contributed by atoms with E-state index in [1.807, 2.05) is 23.9 Å². The summed E-state index contributed by atoms with van der Waals surface area (Å²) >= 11 is 1.87. The first-order valence-corrected chi connectivity index (χ1v) is 6.33. The zero-order valence-electron chi connectivity index (χ0n) is 9.45. The number of hydrogen-bond acceptors (Lipinski definition) is 3. The standard InChI is InChI=1S/C12H19NOS/c1-3-8-13-9-10-15-12-6-4-11(14-2)5-7-12/h4-7,13H,3,8-10H2,1-2H3. The van der Waals surface area contributed by atoms with Crippen LogP contribution in [-0.4, -0.2) is 26.0 Å². The maximum absolute atomic E-state index is 5.11. The van der Waals surface area contributed by atoms with E-state index in [0.29, 0.717) is 0 Å². The van der Waals surface area contributed by atoms with Gasteiger partial charge < -0.3 is 10.1 Å². The minimum Gasteiger partial charge on any atom is -0.497 e. The lowest BCUT2D eigenvalue weighted by Crippen LogP contribution is -2.17. The van der Waals surface area contributed by atoms with E-state index in [0.717, 1.165) is 24.6 Å². The van der Waals surface area contributed by atoms with Crippen LogP contribution in [0.1, 0.15) is 13.3 Å². The van der Waals surface area contributed by atoms with Gasteiger partial charge >= 0.3 is 0 Å². The van der Waals surface area contributed by atoms with Gasteiger partial charge in [-0.25, -0.2) is 0 Å². The molecule has 1 aromatic carbocycles. The fourth-order valence-corrected chi connectivity index (χ4v) is 2.03. The van der Waals surface area contributed by atoms with Gasteiger partial charge in [0.15, 0.2) is 0 Å². The number of thioether (sulfide) groups is 1. The van der Waals surface area contributed by atoms with Crippen molar-refractivity contribution in [3.63, 3.8) is 0 Å². The van der Waals surface area contributed by atoms with Crippen LogP contribution >= 0.6 is 11.8 Å². The number of ether oxygens (including phenoxy) is 1. The molecule has 0 aliphatic carbocycles. The van der Waals surface area contributed by atoms with Crippen molar-refractivity contribution in [3.05, 3.63) is 24.3 Å². The van der Waals surface area contributed by atoms with Crippen molar-refractivity contribution in [1.82, 2.24) is 5.32 Å². The third kappa shape index (κ3) is 5.09. The number of methoxy groups -OCH3 is 1. The molecule has 0 aliphatic rings. The van der Waals surface area contributed by atoms with Crippen molar-refractivity contribution in [2.75, 3.05) is 26.0 Å². The number of benzene rings is 1. The first kappa shape index (κ1) is 12.4. The predicted molar refractivity (Wildman–Crippen MR) is 66.9 cm³/mol. The smallest absolute Gasteiger partial charge is 0.118 e. The number of nitrogens with one attached hydrogen (secondary N) is 1. The molecule has 0 bridgehead atoms. The van der Waals surface area contributed by atoms with E-state index in [2.05, 4.69) is 24.4 Å². The second kappa shape index (κ2) is 7.60. The zero-order chi connectivity index (χ0) is 10.9. The van der Waals surface area contributed by atoms with Crippen LogP contribution in [0, 0.1) is 0 Å². The highest BCUT2D eigenvalue weighted by Gasteiger charge is 1.94. The lowest BCUT2D eigenvalue weighted by atomic mass is 10.3. The summed E-state index contributed by atoms with van der Waals surface area (Å²) in [6.07, 6.45) is 1.20. The van der Waals surface area contributed by atoms with E-state index in [1.54, 1.807) is 7.11 Å². The summed E-state index contributed by atoms with van der Waals surface area (Å²) in [5.41, 5.74) is 0. The van der Waals surface area contributed by atoms with Gasteiger partial charge in [0, 0.05) is 17.2 Å². The lowest BCUT2D eigenvalue weighted by molar-refractivity contribution is 0.414. The zero-order valence-corrected chi connectivity index (χ0v) is 10.3. The molecule has 1 aromatic rings. The molecule has 15 heavy (non-hydrogen) atoms. The topological polar surface area (TPSA) is 21.3 Å². The summed E-state index contributed by atoms with van der Waals surface area (Å²) in [5, 5.41) is 3.38. The molecule has 0 amide bonds. The molecule has 3 heteroatoms. The molecule has 2 nitrogen and oxygen atoms in total. The van der Waals surface area contributed by atoms with E-state index in [-0.39, 0.29) is 0 Å². The minimum atomic E-state index is 0.920. The van der Waals surface area contributed by atoms with E-state index >= 15 is 0 Å². The Balaban J connectivity index is 2.20. The van der Waals surface area contributed by atoms with E-state index in [4.69, 9.17) is 4.74 Å². The third-order valence-electron chi connectivity index (χ3n) is 2.03. The molecule has 0 saturated heterocycles. The largest absolute Gasteiger partial charge is 0.497 e. The van der Waals surface area contributed by atoms with Crippen LogP contribution in [0.2, 0.25) is 0 Å². The molecule has 0 fully saturated rings. The Morgan fingerprint density at radius 1 is 1.20 bits per heavy atom. The van der Waals surface area contributed by atoms with Gasteiger partial charge in [0.05, 0.1) is 7.11 Å². The Morgan fingerprint density at radius 3 is 2.53 bits per heavy atom. The van der Waals surface area contributed by atoms with Crippen LogP contribution in [0.4, 0.5) is 0 Å². The Bertz CT molecular complexity index is 261. The maximum Gasteiger partial charge on any atom is 0.118 e. The summed E-state index contributed by atoms with van der Waals surface area (Å²) in [6.45, 7) is 4.37. The molecule has 0 spiro atoms. The van der Waals surface area contributed by atoms with Gasteiger partial charge in [0.1, 0.15) is 5.75 Å². The van der Waals surface area contributed by atoms with E-state index in [9.17, 15) is 0 Å². The van der Waals surface area contributed by atoms with Crippen LogP contribution in [0.25, 0.3) is 0 Å². The highest BCUT2D eigenvalue weighted by Crippen LogP contribution is 2.20. The molecule has 0 saturated carbocycles. The molecule has 0 aliphatic heterocycles. The van der Waals surface area contributed by atoms with Gasteiger partial charge in [-0.3, -0.25) is 0 Å². The fourth-order valence-electron chi connectivity index (χ4n) is 1.21. The molecule has 0 heterocycles. The van der Waals surface area contributed by atoms with Crippen molar-refractivity contribution < 1.29 is 4.74 Å². The van der Waals surface area contributed by atoms with Crippen molar-refractivity contribution in [2.45, 2.75) is 18.2 Å². The van der Waals surface area contributed by atoms with Crippen LogP contribution < -0.4 is 10.1 Å². The highest BCUT2D eigenvalue weighted by molar-refractivity contribution is 7.99. The molecule has 0 aromatic heterocycles. The number of rotatable bonds is 7. The predicted octanol–water partition coefficient (Wildman–Crippen LogP) is 2.79. The summed E-state index contributed by atoms with van der Waals surface area (Å²) in [5.74, 6) is 2.04. The minimum absolute atomic E-state index is 0.920. The van der Waals surface area contributed by atoms with Crippen LogP contribution in [0.3, 0.4) is 0 Å². The average molecular weight is 225 g/mol.